The van der Waals surface area contributed by atoms with Crippen molar-refractivity contribution in [3.05, 3.63) is 70.8 Å². The van der Waals surface area contributed by atoms with Crippen LogP contribution in [0.5, 0.6) is 5.75 Å². The summed E-state index contributed by atoms with van der Waals surface area (Å²) < 4.78 is 5.02. The lowest BCUT2D eigenvalue weighted by Gasteiger charge is -2.26. The number of esters is 1. The molecule has 26 heavy (non-hydrogen) atoms. The van der Waals surface area contributed by atoms with Gasteiger partial charge < -0.3 is 14.7 Å². The fourth-order valence-corrected chi connectivity index (χ4v) is 2.95. The second-order valence-corrected chi connectivity index (χ2v) is 6.36. The maximum Gasteiger partial charge on any atom is 0.342 e. The summed E-state index contributed by atoms with van der Waals surface area (Å²) in [5, 5.41) is 10.0. The summed E-state index contributed by atoms with van der Waals surface area (Å²) in [6.07, 6.45) is 2.77. The first-order valence-electron chi connectivity index (χ1n) is 8.22. The molecule has 1 amide bonds. The third-order valence-corrected chi connectivity index (χ3v) is 4.45. The summed E-state index contributed by atoms with van der Waals surface area (Å²) in [5.41, 5.74) is 2.34. The lowest BCUT2D eigenvalue weighted by Crippen LogP contribution is -2.37. The number of hydrogen-bond donors (Lipinski definition) is 1. The monoisotopic (exact) mass is 371 g/mol. The van der Waals surface area contributed by atoms with Crippen molar-refractivity contribution in [2.24, 2.45) is 0 Å². The summed E-state index contributed by atoms with van der Waals surface area (Å²) in [4.78, 5) is 25.9. The van der Waals surface area contributed by atoms with Crippen molar-refractivity contribution in [1.82, 2.24) is 4.90 Å². The molecule has 0 saturated carbocycles. The zero-order valence-corrected chi connectivity index (χ0v) is 14.8. The number of phenols is 1. The summed E-state index contributed by atoms with van der Waals surface area (Å²) in [7, 11) is 0. The SMILES string of the molecule is O=C(OCC(=O)N1CC=C(c2ccccc2)CC1)c1ccc(Cl)cc1O. The van der Waals surface area contributed by atoms with E-state index in [4.69, 9.17) is 16.3 Å². The zero-order chi connectivity index (χ0) is 18.5. The number of halogens is 1. The Morgan fingerprint density at radius 2 is 1.92 bits per heavy atom. The number of carbonyl (C=O) groups excluding carboxylic acids is 2. The van der Waals surface area contributed by atoms with Crippen molar-refractivity contribution < 1.29 is 19.4 Å². The predicted molar refractivity (Wildman–Crippen MR) is 99.0 cm³/mol. The Morgan fingerprint density at radius 3 is 2.58 bits per heavy atom. The topological polar surface area (TPSA) is 66.8 Å². The molecule has 1 heterocycles. The van der Waals surface area contributed by atoms with Gasteiger partial charge in [0.2, 0.25) is 0 Å². The molecule has 2 aromatic carbocycles. The maximum atomic E-state index is 12.3. The summed E-state index contributed by atoms with van der Waals surface area (Å²) >= 11 is 5.73. The van der Waals surface area contributed by atoms with E-state index in [1.807, 2.05) is 36.4 Å². The molecule has 3 rings (SSSR count). The Morgan fingerprint density at radius 1 is 1.15 bits per heavy atom. The van der Waals surface area contributed by atoms with Crippen molar-refractivity contribution >= 4 is 29.1 Å². The standard InChI is InChI=1S/C20H18ClNO4/c21-16-6-7-17(18(23)12-16)20(25)26-13-19(24)22-10-8-15(9-11-22)14-4-2-1-3-5-14/h1-8,12,23H,9-11,13H2. The molecule has 0 aliphatic carbocycles. The molecular weight excluding hydrogens is 354 g/mol. The van der Waals surface area contributed by atoms with E-state index >= 15 is 0 Å². The first-order valence-corrected chi connectivity index (χ1v) is 8.60. The summed E-state index contributed by atoms with van der Waals surface area (Å²) in [5.74, 6) is -1.30. The molecule has 0 bridgehead atoms. The van der Waals surface area contributed by atoms with E-state index in [9.17, 15) is 14.7 Å². The second-order valence-electron chi connectivity index (χ2n) is 5.92. The van der Waals surface area contributed by atoms with Gasteiger partial charge >= 0.3 is 5.97 Å². The highest BCUT2D eigenvalue weighted by atomic mass is 35.5. The van der Waals surface area contributed by atoms with Gasteiger partial charge in [-0.05, 0) is 35.8 Å². The molecular formula is C20H18ClNO4. The molecule has 1 aliphatic rings. The Bertz CT molecular complexity index is 848. The number of hydrogen-bond acceptors (Lipinski definition) is 4. The Labute approximate surface area is 156 Å². The third-order valence-electron chi connectivity index (χ3n) is 4.21. The summed E-state index contributed by atoms with van der Waals surface area (Å²) in [6.45, 7) is 0.686. The molecule has 0 unspecified atom stereocenters. The van der Waals surface area contributed by atoms with Crippen LogP contribution in [0.4, 0.5) is 0 Å². The quantitative estimate of drug-likeness (QED) is 0.835. The number of benzene rings is 2. The lowest BCUT2D eigenvalue weighted by atomic mass is 10.00. The van der Waals surface area contributed by atoms with Crippen LogP contribution < -0.4 is 0 Å². The van der Waals surface area contributed by atoms with Crippen molar-refractivity contribution in [3.8, 4) is 5.75 Å². The third kappa shape index (κ3) is 4.24. The first kappa shape index (κ1) is 18.0. The van der Waals surface area contributed by atoms with Crippen LogP contribution >= 0.6 is 11.6 Å². The van der Waals surface area contributed by atoms with Gasteiger partial charge in [-0.3, -0.25) is 4.79 Å². The molecule has 1 N–H and O–H groups in total. The van der Waals surface area contributed by atoms with Crippen LogP contribution in [0, 0.1) is 0 Å². The van der Waals surface area contributed by atoms with Gasteiger partial charge in [-0.25, -0.2) is 4.79 Å². The minimum Gasteiger partial charge on any atom is -0.507 e. The Balaban J connectivity index is 1.54. The van der Waals surface area contributed by atoms with Gasteiger partial charge in [-0.2, -0.15) is 0 Å². The predicted octanol–water partition coefficient (Wildman–Crippen LogP) is 3.52. The van der Waals surface area contributed by atoms with Gasteiger partial charge in [0.1, 0.15) is 11.3 Å². The number of amides is 1. The van der Waals surface area contributed by atoms with Gasteiger partial charge in [-0.15, -0.1) is 0 Å². The van der Waals surface area contributed by atoms with Crippen molar-refractivity contribution in [2.75, 3.05) is 19.7 Å². The molecule has 0 spiro atoms. The van der Waals surface area contributed by atoms with E-state index in [-0.39, 0.29) is 23.8 Å². The number of carbonyl (C=O) groups is 2. The van der Waals surface area contributed by atoms with Crippen LogP contribution in [0.1, 0.15) is 22.3 Å². The number of rotatable bonds is 4. The van der Waals surface area contributed by atoms with E-state index in [0.29, 0.717) is 18.1 Å². The molecule has 5 nitrogen and oxygen atoms in total. The van der Waals surface area contributed by atoms with Crippen molar-refractivity contribution in [3.63, 3.8) is 0 Å². The van der Waals surface area contributed by atoms with Crippen molar-refractivity contribution in [1.29, 1.82) is 0 Å². The zero-order valence-electron chi connectivity index (χ0n) is 14.0. The molecule has 0 radical (unpaired) electrons. The smallest absolute Gasteiger partial charge is 0.342 e. The number of phenolic OH excluding ortho intramolecular Hbond substituents is 1. The first-order chi connectivity index (χ1) is 12.5. The molecule has 0 aromatic heterocycles. The number of ether oxygens (including phenoxy) is 1. The fraction of sp³-hybridized carbons (Fsp3) is 0.200. The van der Waals surface area contributed by atoms with Gasteiger partial charge in [0.15, 0.2) is 6.61 Å². The molecule has 6 heteroatoms. The fourth-order valence-electron chi connectivity index (χ4n) is 2.78. The molecule has 0 fully saturated rings. The van der Waals surface area contributed by atoms with Crippen LogP contribution in [0.2, 0.25) is 5.02 Å². The van der Waals surface area contributed by atoms with Crippen molar-refractivity contribution in [2.45, 2.75) is 6.42 Å². The maximum absolute atomic E-state index is 12.3. The van der Waals surface area contributed by atoms with E-state index in [0.717, 1.165) is 12.0 Å². The van der Waals surface area contributed by atoms with Crippen LogP contribution in [0.3, 0.4) is 0 Å². The minimum atomic E-state index is -0.759. The van der Waals surface area contributed by atoms with E-state index in [1.165, 1.54) is 23.8 Å². The molecule has 1 aliphatic heterocycles. The highest BCUT2D eigenvalue weighted by molar-refractivity contribution is 6.30. The second kappa shape index (κ2) is 8.06. The molecule has 134 valence electrons. The molecule has 2 aromatic rings. The molecule has 0 saturated heterocycles. The van der Waals surface area contributed by atoms with Gasteiger partial charge in [0, 0.05) is 18.1 Å². The summed E-state index contributed by atoms with van der Waals surface area (Å²) in [6, 6.07) is 14.1. The van der Waals surface area contributed by atoms with E-state index in [2.05, 4.69) is 0 Å². The number of aromatic hydroxyl groups is 1. The largest absolute Gasteiger partial charge is 0.507 e. The average Bonchev–Trinajstić information content (AvgIpc) is 2.66. The highest BCUT2D eigenvalue weighted by Crippen LogP contribution is 2.23. The van der Waals surface area contributed by atoms with Crippen LogP contribution in [-0.2, 0) is 9.53 Å². The normalized spacial score (nSPS) is 13.9. The minimum absolute atomic E-state index is 0.0212. The lowest BCUT2D eigenvalue weighted by molar-refractivity contribution is -0.134. The number of nitrogens with zero attached hydrogens (tertiary/aromatic N) is 1. The Hall–Kier alpha value is -2.79. The average molecular weight is 372 g/mol. The van der Waals surface area contributed by atoms with Crippen LogP contribution in [0.25, 0.3) is 5.57 Å². The van der Waals surface area contributed by atoms with Crippen LogP contribution in [-0.4, -0.2) is 41.6 Å². The van der Waals surface area contributed by atoms with Gasteiger partial charge in [0.25, 0.3) is 5.91 Å². The highest BCUT2D eigenvalue weighted by Gasteiger charge is 2.20. The molecule has 0 atom stereocenters. The van der Waals surface area contributed by atoms with Crippen LogP contribution in [0.15, 0.2) is 54.6 Å². The van der Waals surface area contributed by atoms with E-state index in [1.54, 1.807) is 4.90 Å². The van der Waals surface area contributed by atoms with Gasteiger partial charge in [-0.1, -0.05) is 48.0 Å². The Kier molecular flexibility index (Phi) is 5.58. The van der Waals surface area contributed by atoms with E-state index < -0.39 is 5.97 Å². The van der Waals surface area contributed by atoms with Gasteiger partial charge in [0.05, 0.1) is 0 Å².